The van der Waals surface area contributed by atoms with Gasteiger partial charge in [0.1, 0.15) is 0 Å². The SMILES string of the molecule is CCOC(=O)C(=O)NCc1ccc2c(c1)CC(=O)N2. The molecule has 6 nitrogen and oxygen atoms in total. The topological polar surface area (TPSA) is 84.5 Å². The molecule has 1 aromatic rings. The van der Waals surface area contributed by atoms with Crippen LogP contribution in [0.15, 0.2) is 18.2 Å². The maximum absolute atomic E-state index is 11.3. The van der Waals surface area contributed by atoms with Gasteiger partial charge in [0, 0.05) is 12.2 Å². The van der Waals surface area contributed by atoms with E-state index in [0.717, 1.165) is 16.8 Å². The summed E-state index contributed by atoms with van der Waals surface area (Å²) in [5, 5.41) is 5.19. The lowest BCUT2D eigenvalue weighted by Crippen LogP contribution is -2.32. The molecular weight excluding hydrogens is 248 g/mol. The van der Waals surface area contributed by atoms with Crippen LogP contribution in [0.4, 0.5) is 5.69 Å². The minimum atomic E-state index is -0.888. The van der Waals surface area contributed by atoms with Crippen LogP contribution in [-0.4, -0.2) is 24.4 Å². The first kappa shape index (κ1) is 13.1. The van der Waals surface area contributed by atoms with Crippen molar-refractivity contribution in [3.63, 3.8) is 0 Å². The third-order valence-electron chi connectivity index (χ3n) is 2.71. The second-order valence-electron chi connectivity index (χ2n) is 4.12. The molecule has 1 aliphatic heterocycles. The van der Waals surface area contributed by atoms with Crippen molar-refractivity contribution in [1.29, 1.82) is 0 Å². The molecule has 2 rings (SSSR count). The van der Waals surface area contributed by atoms with Crippen molar-refractivity contribution in [1.82, 2.24) is 5.32 Å². The summed E-state index contributed by atoms with van der Waals surface area (Å²) in [6.07, 6.45) is 0.342. The van der Waals surface area contributed by atoms with Crippen LogP contribution in [0.3, 0.4) is 0 Å². The van der Waals surface area contributed by atoms with Crippen molar-refractivity contribution in [3.05, 3.63) is 29.3 Å². The van der Waals surface area contributed by atoms with E-state index < -0.39 is 11.9 Å². The average Bonchev–Trinajstić information content (AvgIpc) is 2.75. The molecule has 1 heterocycles. The van der Waals surface area contributed by atoms with Crippen molar-refractivity contribution >= 4 is 23.5 Å². The van der Waals surface area contributed by atoms with Gasteiger partial charge in [-0.25, -0.2) is 4.79 Å². The molecule has 2 N–H and O–H groups in total. The first-order valence-corrected chi connectivity index (χ1v) is 5.96. The van der Waals surface area contributed by atoms with Gasteiger partial charge in [-0.05, 0) is 24.1 Å². The Kier molecular flexibility index (Phi) is 3.79. The summed E-state index contributed by atoms with van der Waals surface area (Å²) in [5.74, 6) is -1.69. The van der Waals surface area contributed by atoms with Gasteiger partial charge in [-0.1, -0.05) is 12.1 Å². The van der Waals surface area contributed by atoms with Gasteiger partial charge in [0.15, 0.2) is 0 Å². The van der Waals surface area contributed by atoms with E-state index in [0.29, 0.717) is 6.42 Å². The molecule has 0 unspecified atom stereocenters. The monoisotopic (exact) mass is 262 g/mol. The molecule has 1 aliphatic rings. The first-order valence-electron chi connectivity index (χ1n) is 5.96. The second-order valence-corrected chi connectivity index (χ2v) is 4.12. The highest BCUT2D eigenvalue weighted by Crippen LogP contribution is 2.23. The second kappa shape index (κ2) is 5.51. The van der Waals surface area contributed by atoms with Crippen LogP contribution in [-0.2, 0) is 32.1 Å². The molecule has 0 spiro atoms. The molecule has 0 aromatic heterocycles. The van der Waals surface area contributed by atoms with Crippen molar-refractivity contribution in [2.24, 2.45) is 0 Å². The van der Waals surface area contributed by atoms with Gasteiger partial charge in [0.25, 0.3) is 0 Å². The zero-order valence-corrected chi connectivity index (χ0v) is 10.5. The van der Waals surface area contributed by atoms with Crippen LogP contribution in [0.5, 0.6) is 0 Å². The normalized spacial score (nSPS) is 12.6. The largest absolute Gasteiger partial charge is 0.459 e. The number of nitrogens with one attached hydrogen (secondary N) is 2. The van der Waals surface area contributed by atoms with E-state index in [1.165, 1.54) is 0 Å². The number of carbonyl (C=O) groups excluding carboxylic acids is 3. The molecule has 0 aliphatic carbocycles. The van der Waals surface area contributed by atoms with E-state index in [-0.39, 0.29) is 19.1 Å². The Balaban J connectivity index is 1.94. The Labute approximate surface area is 110 Å². The highest BCUT2D eigenvalue weighted by atomic mass is 16.5. The van der Waals surface area contributed by atoms with Gasteiger partial charge in [-0.2, -0.15) is 0 Å². The molecule has 100 valence electrons. The van der Waals surface area contributed by atoms with E-state index in [1.54, 1.807) is 19.1 Å². The standard InChI is InChI=1S/C13H14N2O4/c1-2-19-13(18)12(17)14-7-8-3-4-10-9(5-8)6-11(16)15-10/h3-5H,2,6-7H2,1H3,(H,14,17)(H,15,16). The number of hydrogen-bond acceptors (Lipinski definition) is 4. The fourth-order valence-electron chi connectivity index (χ4n) is 1.84. The summed E-state index contributed by atoms with van der Waals surface area (Å²) >= 11 is 0. The zero-order chi connectivity index (χ0) is 13.8. The maximum Gasteiger partial charge on any atom is 0.396 e. The van der Waals surface area contributed by atoms with Gasteiger partial charge in [0.05, 0.1) is 13.0 Å². The quantitative estimate of drug-likeness (QED) is 0.608. The molecule has 19 heavy (non-hydrogen) atoms. The van der Waals surface area contributed by atoms with Crippen LogP contribution in [0.1, 0.15) is 18.1 Å². The van der Waals surface area contributed by atoms with Gasteiger partial charge < -0.3 is 15.4 Å². The minimum absolute atomic E-state index is 0.0392. The van der Waals surface area contributed by atoms with Crippen molar-refractivity contribution < 1.29 is 19.1 Å². The summed E-state index contributed by atoms with van der Waals surface area (Å²) in [5.41, 5.74) is 2.52. The third-order valence-corrected chi connectivity index (χ3v) is 2.71. The zero-order valence-electron chi connectivity index (χ0n) is 10.5. The Morgan fingerprint density at radius 1 is 1.42 bits per heavy atom. The lowest BCUT2D eigenvalue weighted by Gasteiger charge is -2.06. The van der Waals surface area contributed by atoms with Crippen LogP contribution >= 0.6 is 0 Å². The lowest BCUT2D eigenvalue weighted by molar-refractivity contribution is -0.154. The highest BCUT2D eigenvalue weighted by Gasteiger charge is 2.18. The predicted molar refractivity (Wildman–Crippen MR) is 67.3 cm³/mol. The molecule has 0 saturated carbocycles. The summed E-state index contributed by atoms with van der Waals surface area (Å²) < 4.78 is 4.57. The van der Waals surface area contributed by atoms with Crippen molar-refractivity contribution in [3.8, 4) is 0 Å². The predicted octanol–water partition coefficient (Wildman–Crippen LogP) is 0.360. The molecule has 0 saturated heterocycles. The van der Waals surface area contributed by atoms with Crippen molar-refractivity contribution in [2.45, 2.75) is 19.9 Å². The number of benzene rings is 1. The van der Waals surface area contributed by atoms with E-state index in [2.05, 4.69) is 15.4 Å². The summed E-state index contributed by atoms with van der Waals surface area (Å²) in [6, 6.07) is 5.40. The number of amides is 2. The molecule has 0 bridgehead atoms. The fourth-order valence-corrected chi connectivity index (χ4v) is 1.84. The number of ether oxygens (including phenoxy) is 1. The summed E-state index contributed by atoms with van der Waals surface area (Å²) in [7, 11) is 0. The molecule has 2 amide bonds. The van der Waals surface area contributed by atoms with Gasteiger partial charge in [-0.3, -0.25) is 9.59 Å². The Morgan fingerprint density at radius 2 is 2.21 bits per heavy atom. The van der Waals surface area contributed by atoms with Crippen LogP contribution in [0.25, 0.3) is 0 Å². The number of anilines is 1. The molecule has 0 atom stereocenters. The summed E-state index contributed by atoms with van der Waals surface area (Å²) in [4.78, 5) is 33.6. The Morgan fingerprint density at radius 3 is 2.95 bits per heavy atom. The smallest absolute Gasteiger partial charge is 0.396 e. The molecule has 1 aromatic carbocycles. The Hall–Kier alpha value is -2.37. The van der Waals surface area contributed by atoms with Gasteiger partial charge >= 0.3 is 11.9 Å². The third kappa shape index (κ3) is 3.09. The molecule has 0 fully saturated rings. The number of hydrogen-bond donors (Lipinski definition) is 2. The highest BCUT2D eigenvalue weighted by molar-refractivity contribution is 6.32. The van der Waals surface area contributed by atoms with Gasteiger partial charge in [-0.15, -0.1) is 0 Å². The molecule has 6 heteroatoms. The van der Waals surface area contributed by atoms with Crippen LogP contribution in [0, 0.1) is 0 Å². The molecule has 0 radical (unpaired) electrons. The van der Waals surface area contributed by atoms with Crippen LogP contribution < -0.4 is 10.6 Å². The maximum atomic E-state index is 11.3. The Bertz CT molecular complexity index is 539. The summed E-state index contributed by atoms with van der Waals surface area (Å²) in [6.45, 7) is 2.02. The van der Waals surface area contributed by atoms with Crippen LogP contribution in [0.2, 0.25) is 0 Å². The lowest BCUT2D eigenvalue weighted by atomic mass is 10.1. The average molecular weight is 262 g/mol. The van der Waals surface area contributed by atoms with Crippen molar-refractivity contribution in [2.75, 3.05) is 11.9 Å². The number of esters is 1. The van der Waals surface area contributed by atoms with E-state index >= 15 is 0 Å². The number of fused-ring (bicyclic) bond motifs is 1. The first-order chi connectivity index (χ1) is 9.10. The number of carbonyl (C=O) groups is 3. The number of rotatable bonds is 3. The minimum Gasteiger partial charge on any atom is -0.459 e. The van der Waals surface area contributed by atoms with E-state index in [1.807, 2.05) is 6.07 Å². The van der Waals surface area contributed by atoms with E-state index in [9.17, 15) is 14.4 Å². The molecular formula is C13H14N2O4. The fraction of sp³-hybridized carbons (Fsp3) is 0.308. The van der Waals surface area contributed by atoms with Gasteiger partial charge in [0.2, 0.25) is 5.91 Å². The van der Waals surface area contributed by atoms with E-state index in [4.69, 9.17) is 0 Å².